The molecule has 0 aliphatic rings. The summed E-state index contributed by atoms with van der Waals surface area (Å²) in [6.45, 7) is 11.5. The van der Waals surface area contributed by atoms with E-state index in [0.29, 0.717) is 12.2 Å². The minimum absolute atomic E-state index is 0.208. The molecule has 0 bridgehead atoms. The molecule has 0 fully saturated rings. The number of hydrogen-bond donors (Lipinski definition) is 1. The van der Waals surface area contributed by atoms with Gasteiger partial charge in [-0.25, -0.2) is 9.59 Å². The predicted molar refractivity (Wildman–Crippen MR) is 81.6 cm³/mol. The molecule has 0 unspecified atom stereocenters. The highest BCUT2D eigenvalue weighted by molar-refractivity contribution is 5.87. The van der Waals surface area contributed by atoms with Gasteiger partial charge < -0.3 is 9.84 Å². The molecule has 0 aromatic heterocycles. The van der Waals surface area contributed by atoms with E-state index in [4.69, 9.17) is 9.84 Å². The number of hydrogen-bond acceptors (Lipinski definition) is 3. The van der Waals surface area contributed by atoms with E-state index in [1.807, 2.05) is 0 Å². The van der Waals surface area contributed by atoms with Crippen LogP contribution in [0.4, 0.5) is 0 Å². The largest absolute Gasteiger partial charge is 0.478 e. The summed E-state index contributed by atoms with van der Waals surface area (Å²) in [5, 5.41) is 7.60. The number of carbonyl (C=O) groups is 2. The monoisotopic (exact) mass is 284 g/mol. The first-order valence-corrected chi connectivity index (χ1v) is 7.19. The van der Waals surface area contributed by atoms with Crippen molar-refractivity contribution in [3.63, 3.8) is 0 Å². The lowest BCUT2D eigenvalue weighted by Gasteiger charge is -2.06. The lowest BCUT2D eigenvalue weighted by atomic mass is 10.1. The van der Waals surface area contributed by atoms with Gasteiger partial charge in [-0.1, -0.05) is 52.7 Å². The minimum Gasteiger partial charge on any atom is -0.478 e. The average Bonchev–Trinajstić information content (AvgIpc) is 2.44. The van der Waals surface area contributed by atoms with Gasteiger partial charge in [-0.15, -0.1) is 0 Å². The van der Waals surface area contributed by atoms with E-state index in [1.54, 1.807) is 0 Å². The summed E-state index contributed by atoms with van der Waals surface area (Å²) in [5.74, 6) is -1.19. The van der Waals surface area contributed by atoms with Crippen LogP contribution in [0.5, 0.6) is 0 Å². The maximum absolute atomic E-state index is 11.4. The first-order valence-electron chi connectivity index (χ1n) is 7.19. The van der Waals surface area contributed by atoms with E-state index in [2.05, 4.69) is 27.0 Å². The Bertz CT molecular complexity index is 295. The lowest BCUT2D eigenvalue weighted by molar-refractivity contribution is -0.139. The molecule has 4 heteroatoms. The number of unbranched alkanes of at least 4 members (excludes halogenated alkanes) is 4. The third kappa shape index (κ3) is 16.4. The summed E-state index contributed by atoms with van der Waals surface area (Å²) in [6, 6.07) is 0. The molecule has 0 saturated carbocycles. The van der Waals surface area contributed by atoms with Gasteiger partial charge in [0.1, 0.15) is 0 Å². The van der Waals surface area contributed by atoms with Crippen molar-refractivity contribution in [2.24, 2.45) is 0 Å². The molecule has 20 heavy (non-hydrogen) atoms. The molecule has 0 spiro atoms. The quantitative estimate of drug-likeness (QED) is 0.372. The van der Waals surface area contributed by atoms with Crippen molar-refractivity contribution in [1.29, 1.82) is 0 Å². The normalized spacial score (nSPS) is 9.10. The third-order valence-electron chi connectivity index (χ3n) is 2.53. The molecule has 0 aliphatic heterocycles. The number of aliphatic carboxylic acids is 1. The SMILES string of the molecule is C=C(CCCC)C(=O)OCCCCCC.C=CC(=O)O. The van der Waals surface area contributed by atoms with Gasteiger partial charge in [-0.05, 0) is 19.3 Å². The van der Waals surface area contributed by atoms with Crippen molar-refractivity contribution in [3.05, 3.63) is 24.8 Å². The summed E-state index contributed by atoms with van der Waals surface area (Å²) in [7, 11) is 0. The summed E-state index contributed by atoms with van der Waals surface area (Å²) in [5.41, 5.74) is 0.618. The zero-order valence-electron chi connectivity index (χ0n) is 12.8. The van der Waals surface area contributed by atoms with Crippen LogP contribution >= 0.6 is 0 Å². The predicted octanol–water partition coefficient (Wildman–Crippen LogP) is 4.11. The summed E-state index contributed by atoms with van der Waals surface area (Å²) < 4.78 is 5.11. The molecule has 0 aromatic carbocycles. The molecule has 0 aliphatic carbocycles. The standard InChI is InChI=1S/C13H24O2.C3H4O2/c1-4-6-8-9-11-15-13(14)12(3)10-7-5-2;1-2-3(4)5/h3-11H2,1-2H3;2H,1H2,(H,4,5). The van der Waals surface area contributed by atoms with E-state index in [9.17, 15) is 9.59 Å². The van der Waals surface area contributed by atoms with Crippen molar-refractivity contribution in [3.8, 4) is 0 Å². The third-order valence-corrected chi connectivity index (χ3v) is 2.53. The Balaban J connectivity index is 0. The highest BCUT2D eigenvalue weighted by atomic mass is 16.5. The topological polar surface area (TPSA) is 63.6 Å². The molecular formula is C16H28O4. The summed E-state index contributed by atoms with van der Waals surface area (Å²) >= 11 is 0. The van der Waals surface area contributed by atoms with Gasteiger partial charge in [0.05, 0.1) is 6.61 Å². The number of carboxylic acids is 1. The van der Waals surface area contributed by atoms with Crippen molar-refractivity contribution < 1.29 is 19.4 Å². The minimum atomic E-state index is -0.981. The number of carbonyl (C=O) groups excluding carboxylic acids is 1. The Morgan fingerprint density at radius 2 is 1.65 bits per heavy atom. The molecule has 0 saturated heterocycles. The molecule has 0 radical (unpaired) electrons. The van der Waals surface area contributed by atoms with Gasteiger partial charge in [-0.3, -0.25) is 0 Å². The number of rotatable bonds is 10. The zero-order chi connectivity index (χ0) is 15.8. The maximum atomic E-state index is 11.4. The molecule has 0 atom stereocenters. The first-order chi connectivity index (χ1) is 9.49. The van der Waals surface area contributed by atoms with E-state index in [-0.39, 0.29) is 5.97 Å². The first kappa shape index (κ1) is 20.7. The number of esters is 1. The summed E-state index contributed by atoms with van der Waals surface area (Å²) in [6.07, 6.45) is 8.24. The van der Waals surface area contributed by atoms with Gasteiger partial charge >= 0.3 is 11.9 Å². The van der Waals surface area contributed by atoms with Gasteiger partial charge in [0.2, 0.25) is 0 Å². The van der Waals surface area contributed by atoms with Gasteiger partial charge in [0, 0.05) is 11.6 Å². The van der Waals surface area contributed by atoms with Crippen molar-refractivity contribution in [2.45, 2.75) is 58.8 Å². The van der Waals surface area contributed by atoms with Crippen LogP contribution in [0.1, 0.15) is 58.8 Å². The molecule has 1 N–H and O–H groups in total. The Labute approximate surface area is 122 Å². The Hall–Kier alpha value is -1.58. The van der Waals surface area contributed by atoms with Gasteiger partial charge in [-0.2, -0.15) is 0 Å². The van der Waals surface area contributed by atoms with Crippen LogP contribution in [-0.4, -0.2) is 23.7 Å². The lowest BCUT2D eigenvalue weighted by Crippen LogP contribution is -2.08. The number of ether oxygens (including phenoxy) is 1. The molecule has 0 rings (SSSR count). The number of carboxylic acid groups (broad SMARTS) is 1. The van der Waals surface area contributed by atoms with E-state index >= 15 is 0 Å². The van der Waals surface area contributed by atoms with Gasteiger partial charge in [0.15, 0.2) is 0 Å². The second-order valence-corrected chi connectivity index (χ2v) is 4.45. The van der Waals surface area contributed by atoms with Crippen LogP contribution in [0.25, 0.3) is 0 Å². The molecular weight excluding hydrogens is 256 g/mol. The molecule has 0 aromatic rings. The van der Waals surface area contributed by atoms with Crippen LogP contribution in [0.3, 0.4) is 0 Å². The Kier molecular flexibility index (Phi) is 16.0. The van der Waals surface area contributed by atoms with Gasteiger partial charge in [0.25, 0.3) is 0 Å². The molecule has 0 amide bonds. The molecule has 4 nitrogen and oxygen atoms in total. The zero-order valence-corrected chi connectivity index (χ0v) is 12.8. The maximum Gasteiger partial charge on any atom is 0.333 e. The highest BCUT2D eigenvalue weighted by Crippen LogP contribution is 2.07. The van der Waals surface area contributed by atoms with Crippen molar-refractivity contribution >= 4 is 11.9 Å². The molecule has 116 valence electrons. The van der Waals surface area contributed by atoms with E-state index in [1.165, 1.54) is 12.8 Å². The fraction of sp³-hybridized carbons (Fsp3) is 0.625. The fourth-order valence-corrected chi connectivity index (χ4v) is 1.29. The van der Waals surface area contributed by atoms with Crippen LogP contribution in [0, 0.1) is 0 Å². The molecule has 0 heterocycles. The van der Waals surface area contributed by atoms with E-state index in [0.717, 1.165) is 38.2 Å². The van der Waals surface area contributed by atoms with Crippen LogP contribution in [0.2, 0.25) is 0 Å². The second kappa shape index (κ2) is 15.5. The second-order valence-electron chi connectivity index (χ2n) is 4.45. The van der Waals surface area contributed by atoms with E-state index < -0.39 is 5.97 Å². The smallest absolute Gasteiger partial charge is 0.333 e. The average molecular weight is 284 g/mol. The summed E-state index contributed by atoms with van der Waals surface area (Å²) in [4.78, 5) is 20.6. The van der Waals surface area contributed by atoms with Crippen LogP contribution < -0.4 is 0 Å². The van der Waals surface area contributed by atoms with Crippen LogP contribution in [0.15, 0.2) is 24.8 Å². The Morgan fingerprint density at radius 1 is 1.10 bits per heavy atom. The van der Waals surface area contributed by atoms with Crippen molar-refractivity contribution in [2.75, 3.05) is 6.61 Å². The van der Waals surface area contributed by atoms with Crippen molar-refractivity contribution in [1.82, 2.24) is 0 Å². The fourth-order valence-electron chi connectivity index (χ4n) is 1.29. The Morgan fingerprint density at radius 3 is 2.10 bits per heavy atom. The van der Waals surface area contributed by atoms with Crippen LogP contribution in [-0.2, 0) is 14.3 Å². The highest BCUT2D eigenvalue weighted by Gasteiger charge is 2.06.